The van der Waals surface area contributed by atoms with Crippen molar-refractivity contribution in [3.63, 3.8) is 0 Å². The monoisotopic (exact) mass is 361 g/mol. The van der Waals surface area contributed by atoms with Gasteiger partial charge in [-0.3, -0.25) is 0 Å². The molecule has 0 saturated heterocycles. The maximum absolute atomic E-state index is 6.65. The third-order valence-corrected chi connectivity index (χ3v) is 15.0. The molecule has 0 aromatic carbocycles. The van der Waals surface area contributed by atoms with Crippen LogP contribution < -0.4 is 5.73 Å². The SMILES string of the molecule is C[C@@H](CN)[C@H](CCO[Si](C)(C)C(C)(C)C)O[Si](C)(C)C(C)(C)C. The number of hydrogen-bond acceptors (Lipinski definition) is 3. The van der Waals surface area contributed by atoms with Crippen LogP contribution in [0.25, 0.3) is 0 Å². The molecular weight excluding hydrogens is 318 g/mol. The molecule has 23 heavy (non-hydrogen) atoms. The van der Waals surface area contributed by atoms with Crippen LogP contribution >= 0.6 is 0 Å². The molecule has 2 N–H and O–H groups in total. The van der Waals surface area contributed by atoms with Crippen molar-refractivity contribution in [2.75, 3.05) is 13.2 Å². The van der Waals surface area contributed by atoms with E-state index >= 15 is 0 Å². The van der Waals surface area contributed by atoms with E-state index in [0.717, 1.165) is 13.0 Å². The zero-order valence-electron chi connectivity index (χ0n) is 17.7. The number of hydrogen-bond donors (Lipinski definition) is 1. The van der Waals surface area contributed by atoms with E-state index in [0.29, 0.717) is 12.5 Å². The summed E-state index contributed by atoms with van der Waals surface area (Å²) in [7, 11) is -3.47. The molecule has 0 fully saturated rings. The Morgan fingerprint density at radius 1 is 0.870 bits per heavy atom. The molecule has 0 unspecified atom stereocenters. The smallest absolute Gasteiger partial charge is 0.192 e. The summed E-state index contributed by atoms with van der Waals surface area (Å²) in [5.74, 6) is 0.368. The lowest BCUT2D eigenvalue weighted by atomic mass is 10.0. The van der Waals surface area contributed by atoms with Gasteiger partial charge >= 0.3 is 0 Å². The highest BCUT2D eigenvalue weighted by molar-refractivity contribution is 6.74. The van der Waals surface area contributed by atoms with Crippen LogP contribution in [0.2, 0.25) is 36.3 Å². The standard InChI is InChI=1S/C18H43NO2Si2/c1-15(14-19)16(21-23(10,11)18(5,6)7)12-13-20-22(8,9)17(2,3)4/h15-16H,12-14,19H2,1-11H3/t15-,16-/m0/s1. The quantitative estimate of drug-likeness (QED) is 0.590. The lowest BCUT2D eigenvalue weighted by molar-refractivity contribution is 0.0992. The van der Waals surface area contributed by atoms with Crippen LogP contribution in [0, 0.1) is 5.92 Å². The van der Waals surface area contributed by atoms with Gasteiger partial charge in [0.25, 0.3) is 0 Å². The highest BCUT2D eigenvalue weighted by Gasteiger charge is 2.41. The summed E-state index contributed by atoms with van der Waals surface area (Å²) in [6.07, 6.45) is 1.14. The Morgan fingerprint density at radius 3 is 1.65 bits per heavy atom. The molecule has 0 aliphatic rings. The minimum absolute atomic E-state index is 0.200. The van der Waals surface area contributed by atoms with Gasteiger partial charge in [0, 0.05) is 6.61 Å². The van der Waals surface area contributed by atoms with Crippen molar-refractivity contribution in [3.8, 4) is 0 Å². The predicted molar refractivity (Wildman–Crippen MR) is 108 cm³/mol. The zero-order chi connectivity index (χ0) is 18.7. The summed E-state index contributed by atoms with van der Waals surface area (Å²) in [5.41, 5.74) is 5.93. The Labute approximate surface area is 148 Å². The maximum atomic E-state index is 6.65. The van der Waals surface area contributed by atoms with Gasteiger partial charge in [-0.05, 0) is 55.1 Å². The van der Waals surface area contributed by atoms with Gasteiger partial charge < -0.3 is 14.6 Å². The van der Waals surface area contributed by atoms with Crippen LogP contribution in [0.3, 0.4) is 0 Å². The van der Waals surface area contributed by atoms with Gasteiger partial charge in [-0.25, -0.2) is 0 Å². The second-order valence-corrected chi connectivity index (χ2v) is 19.6. The molecule has 0 amide bonds. The Bertz CT molecular complexity index is 357. The number of nitrogens with two attached hydrogens (primary N) is 1. The van der Waals surface area contributed by atoms with Gasteiger partial charge in [0.05, 0.1) is 6.10 Å². The predicted octanol–water partition coefficient (Wildman–Crippen LogP) is 5.38. The molecule has 2 atom stereocenters. The van der Waals surface area contributed by atoms with Gasteiger partial charge in [-0.1, -0.05) is 48.5 Å². The van der Waals surface area contributed by atoms with E-state index in [4.69, 9.17) is 14.6 Å². The van der Waals surface area contributed by atoms with E-state index in [2.05, 4.69) is 74.7 Å². The fourth-order valence-electron chi connectivity index (χ4n) is 1.81. The van der Waals surface area contributed by atoms with Crippen molar-refractivity contribution < 1.29 is 8.85 Å². The molecule has 0 aliphatic heterocycles. The first-order valence-electron chi connectivity index (χ1n) is 9.07. The molecular formula is C18H43NO2Si2. The summed E-state index contributed by atoms with van der Waals surface area (Å²) in [5, 5.41) is 0.474. The number of rotatable bonds is 8. The molecule has 3 nitrogen and oxygen atoms in total. The van der Waals surface area contributed by atoms with Crippen LogP contribution in [-0.2, 0) is 8.85 Å². The molecule has 0 aromatic heterocycles. The maximum Gasteiger partial charge on any atom is 0.192 e. The van der Waals surface area contributed by atoms with E-state index in [1.807, 2.05) is 0 Å². The van der Waals surface area contributed by atoms with Crippen molar-refractivity contribution in [2.24, 2.45) is 11.7 Å². The lowest BCUT2D eigenvalue weighted by Gasteiger charge is -2.41. The average molecular weight is 362 g/mol. The molecule has 0 aromatic rings. The molecule has 0 aliphatic carbocycles. The first kappa shape index (κ1) is 23.3. The van der Waals surface area contributed by atoms with Crippen molar-refractivity contribution in [1.82, 2.24) is 0 Å². The van der Waals surface area contributed by atoms with E-state index < -0.39 is 16.6 Å². The van der Waals surface area contributed by atoms with Crippen molar-refractivity contribution in [2.45, 2.75) is 97.3 Å². The van der Waals surface area contributed by atoms with Gasteiger partial charge in [-0.2, -0.15) is 0 Å². The van der Waals surface area contributed by atoms with Crippen molar-refractivity contribution in [3.05, 3.63) is 0 Å². The molecule has 0 radical (unpaired) electrons. The first-order chi connectivity index (χ1) is 10.0. The first-order valence-corrected chi connectivity index (χ1v) is 14.9. The summed E-state index contributed by atoms with van der Waals surface area (Å²) < 4.78 is 13.0. The fraction of sp³-hybridized carbons (Fsp3) is 1.00. The van der Waals surface area contributed by atoms with Gasteiger partial charge in [0.1, 0.15) is 0 Å². The van der Waals surface area contributed by atoms with Crippen LogP contribution in [0.5, 0.6) is 0 Å². The van der Waals surface area contributed by atoms with E-state index in [9.17, 15) is 0 Å². The van der Waals surface area contributed by atoms with Crippen LogP contribution in [0.4, 0.5) is 0 Å². The summed E-state index contributed by atoms with van der Waals surface area (Å²) in [4.78, 5) is 0. The third kappa shape index (κ3) is 6.98. The average Bonchev–Trinajstić information content (AvgIpc) is 2.33. The topological polar surface area (TPSA) is 44.5 Å². The Balaban J connectivity index is 4.85. The highest BCUT2D eigenvalue weighted by atomic mass is 28.4. The van der Waals surface area contributed by atoms with E-state index in [1.54, 1.807) is 0 Å². The largest absolute Gasteiger partial charge is 0.417 e. The third-order valence-electron chi connectivity index (χ3n) is 5.93. The molecule has 0 bridgehead atoms. The molecule has 0 saturated carbocycles. The molecule has 0 rings (SSSR count). The van der Waals surface area contributed by atoms with E-state index in [1.165, 1.54) is 0 Å². The van der Waals surface area contributed by atoms with Gasteiger partial charge in [0.2, 0.25) is 0 Å². The minimum atomic E-state index is -1.78. The van der Waals surface area contributed by atoms with Gasteiger partial charge in [0.15, 0.2) is 16.6 Å². The van der Waals surface area contributed by atoms with Crippen LogP contribution in [-0.4, -0.2) is 35.9 Å². The lowest BCUT2D eigenvalue weighted by Crippen LogP contribution is -2.47. The van der Waals surface area contributed by atoms with Crippen molar-refractivity contribution >= 4 is 16.6 Å². The van der Waals surface area contributed by atoms with Crippen LogP contribution in [0.15, 0.2) is 0 Å². The Morgan fingerprint density at radius 2 is 1.30 bits per heavy atom. The normalized spacial score (nSPS) is 17.2. The molecule has 0 spiro atoms. The van der Waals surface area contributed by atoms with Gasteiger partial charge in [-0.15, -0.1) is 0 Å². The van der Waals surface area contributed by atoms with Crippen LogP contribution in [0.1, 0.15) is 54.9 Å². The second-order valence-electron chi connectivity index (χ2n) is 10.0. The summed E-state index contributed by atoms with van der Waals surface area (Å²) >= 11 is 0. The Kier molecular flexibility index (Phi) is 8.24. The zero-order valence-corrected chi connectivity index (χ0v) is 19.7. The molecule has 140 valence electrons. The Hall–Kier alpha value is 0.314. The summed E-state index contributed by atoms with van der Waals surface area (Å²) in [6, 6.07) is 0. The molecule has 5 heteroatoms. The minimum Gasteiger partial charge on any atom is -0.417 e. The summed E-state index contributed by atoms with van der Waals surface area (Å²) in [6.45, 7) is 26.6. The van der Waals surface area contributed by atoms with E-state index in [-0.39, 0.29) is 16.2 Å². The highest BCUT2D eigenvalue weighted by Crippen LogP contribution is 2.39. The van der Waals surface area contributed by atoms with Crippen molar-refractivity contribution in [1.29, 1.82) is 0 Å². The second kappa shape index (κ2) is 8.13. The molecule has 0 heterocycles. The fourth-order valence-corrected chi connectivity index (χ4v) is 4.34.